The zero-order chi connectivity index (χ0) is 14.4. The predicted molar refractivity (Wildman–Crippen MR) is 86.1 cm³/mol. The molecular formula is C15H21ClN2O3S. The van der Waals surface area contributed by atoms with Crippen LogP contribution in [0.2, 0.25) is 0 Å². The highest BCUT2D eigenvalue weighted by Gasteiger charge is 2.37. The van der Waals surface area contributed by atoms with Gasteiger partial charge in [0, 0.05) is 19.5 Å². The lowest BCUT2D eigenvalue weighted by molar-refractivity contribution is 0.228. The highest BCUT2D eigenvalue weighted by Crippen LogP contribution is 2.32. The van der Waals surface area contributed by atoms with Crippen molar-refractivity contribution in [1.82, 2.24) is 9.62 Å². The van der Waals surface area contributed by atoms with Gasteiger partial charge in [-0.15, -0.1) is 12.4 Å². The number of ether oxygens (including phenoxy) is 1. The average molecular weight is 345 g/mol. The second-order valence-corrected chi connectivity index (χ2v) is 8.14. The number of rotatable bonds is 2. The van der Waals surface area contributed by atoms with Crippen LogP contribution in [0.25, 0.3) is 0 Å². The van der Waals surface area contributed by atoms with Crippen LogP contribution in [-0.4, -0.2) is 45.5 Å². The lowest BCUT2D eigenvalue weighted by Gasteiger charge is -2.33. The number of sulfonamides is 1. The van der Waals surface area contributed by atoms with Gasteiger partial charge in [0.05, 0.1) is 11.5 Å². The van der Waals surface area contributed by atoms with Gasteiger partial charge in [0.1, 0.15) is 5.75 Å². The molecule has 3 heterocycles. The third-order valence-corrected chi connectivity index (χ3v) is 6.83. The molecule has 1 N–H and O–H groups in total. The Morgan fingerprint density at radius 2 is 2.05 bits per heavy atom. The summed E-state index contributed by atoms with van der Waals surface area (Å²) < 4.78 is 32.8. The Hall–Kier alpha value is -0.820. The Balaban J connectivity index is 0.00000144. The first kappa shape index (κ1) is 16.1. The van der Waals surface area contributed by atoms with E-state index in [0.29, 0.717) is 36.4 Å². The van der Waals surface area contributed by atoms with E-state index in [9.17, 15) is 8.42 Å². The third kappa shape index (κ3) is 2.62. The van der Waals surface area contributed by atoms with Crippen LogP contribution in [0.15, 0.2) is 23.1 Å². The van der Waals surface area contributed by atoms with Gasteiger partial charge in [-0.2, -0.15) is 4.31 Å². The molecule has 0 aromatic heterocycles. The van der Waals surface area contributed by atoms with Gasteiger partial charge in [-0.1, -0.05) is 0 Å². The summed E-state index contributed by atoms with van der Waals surface area (Å²) in [5.74, 6) is 1.93. The van der Waals surface area contributed by atoms with Gasteiger partial charge in [-0.05, 0) is 55.1 Å². The molecule has 0 amide bonds. The molecule has 0 spiro atoms. The normalized spacial score (nSPS) is 27.6. The van der Waals surface area contributed by atoms with E-state index < -0.39 is 10.0 Å². The van der Waals surface area contributed by atoms with Crippen molar-refractivity contribution in [2.24, 2.45) is 11.8 Å². The van der Waals surface area contributed by atoms with Gasteiger partial charge in [-0.3, -0.25) is 0 Å². The SMILES string of the molecule is Cl.O=S(=O)(c1ccc2c(c1)CCO2)N1CCC2CNCC2C1. The van der Waals surface area contributed by atoms with E-state index >= 15 is 0 Å². The van der Waals surface area contributed by atoms with Gasteiger partial charge in [0.25, 0.3) is 0 Å². The van der Waals surface area contributed by atoms with E-state index in [0.717, 1.165) is 37.2 Å². The lowest BCUT2D eigenvalue weighted by atomic mass is 9.90. The monoisotopic (exact) mass is 344 g/mol. The van der Waals surface area contributed by atoms with Gasteiger partial charge < -0.3 is 10.1 Å². The summed E-state index contributed by atoms with van der Waals surface area (Å²) in [6.07, 6.45) is 1.76. The molecule has 0 bridgehead atoms. The minimum atomic E-state index is -3.37. The van der Waals surface area contributed by atoms with Crippen molar-refractivity contribution in [1.29, 1.82) is 0 Å². The van der Waals surface area contributed by atoms with Crippen LogP contribution in [-0.2, 0) is 16.4 Å². The molecular weight excluding hydrogens is 324 g/mol. The Morgan fingerprint density at radius 3 is 2.91 bits per heavy atom. The summed E-state index contributed by atoms with van der Waals surface area (Å²) in [5.41, 5.74) is 1.01. The highest BCUT2D eigenvalue weighted by atomic mass is 35.5. The summed E-state index contributed by atoms with van der Waals surface area (Å²) >= 11 is 0. The van der Waals surface area contributed by atoms with Crippen molar-refractivity contribution in [2.45, 2.75) is 17.7 Å². The fourth-order valence-corrected chi connectivity index (χ4v) is 5.26. The number of halogens is 1. The van der Waals surface area contributed by atoms with E-state index in [1.165, 1.54) is 0 Å². The van der Waals surface area contributed by atoms with E-state index in [4.69, 9.17) is 4.74 Å². The topological polar surface area (TPSA) is 58.6 Å². The van der Waals surface area contributed by atoms with Crippen LogP contribution in [0.5, 0.6) is 5.75 Å². The zero-order valence-corrected chi connectivity index (χ0v) is 14.0. The van der Waals surface area contributed by atoms with Crippen molar-refractivity contribution in [2.75, 3.05) is 32.8 Å². The minimum Gasteiger partial charge on any atom is -0.493 e. The zero-order valence-electron chi connectivity index (χ0n) is 12.3. The fraction of sp³-hybridized carbons (Fsp3) is 0.600. The Labute approximate surface area is 137 Å². The molecule has 7 heteroatoms. The first-order valence-corrected chi connectivity index (χ1v) is 9.05. The first-order valence-electron chi connectivity index (χ1n) is 7.61. The van der Waals surface area contributed by atoms with Crippen molar-refractivity contribution < 1.29 is 13.2 Å². The van der Waals surface area contributed by atoms with Crippen LogP contribution < -0.4 is 10.1 Å². The Morgan fingerprint density at radius 1 is 1.23 bits per heavy atom. The van der Waals surface area contributed by atoms with Gasteiger partial charge >= 0.3 is 0 Å². The fourth-order valence-electron chi connectivity index (χ4n) is 3.69. The largest absolute Gasteiger partial charge is 0.493 e. The molecule has 2 saturated heterocycles. The molecule has 2 fully saturated rings. The van der Waals surface area contributed by atoms with E-state index in [1.807, 2.05) is 0 Å². The Kier molecular flexibility index (Phi) is 4.38. The van der Waals surface area contributed by atoms with Gasteiger partial charge in [0.15, 0.2) is 0 Å². The summed E-state index contributed by atoms with van der Waals surface area (Å²) in [6.45, 7) is 3.91. The minimum absolute atomic E-state index is 0. The second kappa shape index (κ2) is 6.00. The second-order valence-electron chi connectivity index (χ2n) is 6.20. The molecule has 0 saturated carbocycles. The van der Waals surface area contributed by atoms with Crippen molar-refractivity contribution >= 4 is 22.4 Å². The van der Waals surface area contributed by atoms with Crippen molar-refractivity contribution in [3.05, 3.63) is 23.8 Å². The maximum absolute atomic E-state index is 12.8. The molecule has 2 atom stereocenters. The van der Waals surface area contributed by atoms with Crippen LogP contribution >= 0.6 is 12.4 Å². The van der Waals surface area contributed by atoms with Crippen molar-refractivity contribution in [3.8, 4) is 5.75 Å². The summed E-state index contributed by atoms with van der Waals surface area (Å²) in [7, 11) is -3.37. The summed E-state index contributed by atoms with van der Waals surface area (Å²) in [6, 6.07) is 5.26. The molecule has 5 nitrogen and oxygen atoms in total. The maximum atomic E-state index is 12.8. The molecule has 3 aliphatic rings. The number of hydrogen-bond acceptors (Lipinski definition) is 4. The Bertz CT molecular complexity index is 665. The molecule has 22 heavy (non-hydrogen) atoms. The molecule has 3 aliphatic heterocycles. The molecule has 122 valence electrons. The predicted octanol–water partition coefficient (Wildman–Crippen LogP) is 1.27. The number of benzene rings is 1. The summed E-state index contributed by atoms with van der Waals surface area (Å²) in [5, 5.41) is 3.37. The van der Waals surface area contributed by atoms with Crippen LogP contribution in [0.4, 0.5) is 0 Å². The quantitative estimate of drug-likeness (QED) is 0.878. The number of nitrogens with one attached hydrogen (secondary N) is 1. The number of fused-ring (bicyclic) bond motifs is 2. The average Bonchev–Trinajstić information content (AvgIpc) is 3.14. The standard InChI is InChI=1S/C15H20N2O3S.ClH/c18-21(19,14-1-2-15-11(7-14)4-6-20-15)17-5-3-12-8-16-9-13(12)10-17;/h1-2,7,12-13,16H,3-6,8-10H2;1H. The molecule has 1 aromatic rings. The smallest absolute Gasteiger partial charge is 0.243 e. The number of piperidine rings is 1. The molecule has 4 rings (SSSR count). The third-order valence-electron chi connectivity index (χ3n) is 4.97. The number of nitrogens with zero attached hydrogens (tertiary/aromatic N) is 1. The van der Waals surface area contributed by atoms with Crippen molar-refractivity contribution in [3.63, 3.8) is 0 Å². The van der Waals surface area contributed by atoms with E-state index in [1.54, 1.807) is 22.5 Å². The lowest BCUT2D eigenvalue weighted by Crippen LogP contribution is -2.43. The van der Waals surface area contributed by atoms with Crippen LogP contribution in [0, 0.1) is 11.8 Å². The van der Waals surface area contributed by atoms with Gasteiger partial charge in [0.2, 0.25) is 10.0 Å². The first-order chi connectivity index (χ1) is 10.1. The summed E-state index contributed by atoms with van der Waals surface area (Å²) in [4.78, 5) is 0.413. The van der Waals surface area contributed by atoms with Gasteiger partial charge in [-0.25, -0.2) is 8.42 Å². The molecule has 0 radical (unpaired) electrons. The van der Waals surface area contributed by atoms with E-state index in [-0.39, 0.29) is 12.4 Å². The number of hydrogen-bond donors (Lipinski definition) is 1. The van der Waals surface area contributed by atoms with Crippen LogP contribution in [0.3, 0.4) is 0 Å². The van der Waals surface area contributed by atoms with Crippen LogP contribution in [0.1, 0.15) is 12.0 Å². The molecule has 2 unspecified atom stereocenters. The highest BCUT2D eigenvalue weighted by molar-refractivity contribution is 7.89. The van der Waals surface area contributed by atoms with E-state index in [2.05, 4.69) is 5.32 Å². The molecule has 0 aliphatic carbocycles. The maximum Gasteiger partial charge on any atom is 0.243 e. The molecule has 1 aromatic carbocycles.